The highest BCUT2D eigenvalue weighted by molar-refractivity contribution is 5.81. The average Bonchev–Trinajstić information content (AvgIpc) is 3.14. The average molecular weight is 421 g/mol. The van der Waals surface area contributed by atoms with Gasteiger partial charge in [0.15, 0.2) is 0 Å². The van der Waals surface area contributed by atoms with Gasteiger partial charge in [0.05, 0.1) is 6.42 Å². The molecule has 0 unspecified atom stereocenters. The Labute approximate surface area is 181 Å². The minimum Gasteiger partial charge on any atom is -0.481 e. The lowest BCUT2D eigenvalue weighted by Crippen LogP contribution is -2.16. The summed E-state index contributed by atoms with van der Waals surface area (Å²) in [6, 6.07) is 11.8. The number of rotatable bonds is 5. The SMILES string of the molecule is Cc1ccc(-c2c(C)c3c(c(C)c2CC(=O)O)CN(Cc2ccc(F)cc2F)C3)cc1. The number of hydrogen-bond donors (Lipinski definition) is 1. The molecule has 0 atom stereocenters. The summed E-state index contributed by atoms with van der Waals surface area (Å²) in [5.41, 5.74) is 8.77. The molecule has 160 valence electrons. The molecule has 31 heavy (non-hydrogen) atoms. The monoisotopic (exact) mass is 421 g/mol. The van der Waals surface area contributed by atoms with Crippen LogP contribution >= 0.6 is 0 Å². The molecule has 3 nitrogen and oxygen atoms in total. The van der Waals surface area contributed by atoms with E-state index < -0.39 is 17.6 Å². The molecule has 1 aliphatic rings. The summed E-state index contributed by atoms with van der Waals surface area (Å²) < 4.78 is 27.4. The van der Waals surface area contributed by atoms with Gasteiger partial charge < -0.3 is 5.11 Å². The Hall–Kier alpha value is -3.05. The molecule has 5 heteroatoms. The van der Waals surface area contributed by atoms with E-state index in [1.807, 2.05) is 45.0 Å². The molecule has 0 aromatic heterocycles. The first-order valence-corrected chi connectivity index (χ1v) is 10.3. The zero-order valence-corrected chi connectivity index (χ0v) is 17.9. The number of aryl methyl sites for hydroxylation is 1. The fraction of sp³-hybridized carbons (Fsp3) is 0.269. The van der Waals surface area contributed by atoms with Crippen molar-refractivity contribution in [3.8, 4) is 11.1 Å². The van der Waals surface area contributed by atoms with Crippen molar-refractivity contribution in [3.63, 3.8) is 0 Å². The van der Waals surface area contributed by atoms with Crippen LogP contribution in [-0.4, -0.2) is 16.0 Å². The van der Waals surface area contributed by atoms with Crippen molar-refractivity contribution in [1.82, 2.24) is 4.90 Å². The van der Waals surface area contributed by atoms with E-state index in [0.717, 1.165) is 45.0 Å². The Morgan fingerprint density at radius 3 is 2.23 bits per heavy atom. The van der Waals surface area contributed by atoms with Gasteiger partial charge in [0.25, 0.3) is 0 Å². The van der Waals surface area contributed by atoms with Gasteiger partial charge in [-0.15, -0.1) is 0 Å². The molecule has 0 bridgehead atoms. The van der Waals surface area contributed by atoms with Gasteiger partial charge in [-0.3, -0.25) is 9.69 Å². The van der Waals surface area contributed by atoms with Crippen LogP contribution in [0.2, 0.25) is 0 Å². The number of halogens is 2. The second-order valence-electron chi connectivity index (χ2n) is 8.38. The zero-order chi connectivity index (χ0) is 22.3. The lowest BCUT2D eigenvalue weighted by molar-refractivity contribution is -0.136. The van der Waals surface area contributed by atoms with Crippen molar-refractivity contribution >= 4 is 5.97 Å². The molecule has 0 radical (unpaired) electrons. The van der Waals surface area contributed by atoms with Crippen molar-refractivity contribution in [3.05, 3.63) is 93.0 Å². The van der Waals surface area contributed by atoms with Crippen molar-refractivity contribution in [2.24, 2.45) is 0 Å². The molecule has 0 amide bonds. The van der Waals surface area contributed by atoms with Crippen LogP contribution in [-0.2, 0) is 30.8 Å². The lowest BCUT2D eigenvalue weighted by atomic mass is 9.84. The molecule has 4 rings (SSSR count). The Kier molecular flexibility index (Phi) is 5.63. The van der Waals surface area contributed by atoms with Gasteiger partial charge in [-0.2, -0.15) is 0 Å². The number of carboxylic acids is 1. The van der Waals surface area contributed by atoms with E-state index in [2.05, 4.69) is 4.90 Å². The van der Waals surface area contributed by atoms with Gasteiger partial charge in [0, 0.05) is 31.3 Å². The molecule has 1 heterocycles. The van der Waals surface area contributed by atoms with Crippen LogP contribution in [0, 0.1) is 32.4 Å². The predicted molar refractivity (Wildman–Crippen MR) is 117 cm³/mol. The summed E-state index contributed by atoms with van der Waals surface area (Å²) in [6.07, 6.45) is -0.0459. The predicted octanol–water partition coefficient (Wildman–Crippen LogP) is 5.70. The van der Waals surface area contributed by atoms with Crippen LogP contribution < -0.4 is 0 Å². The summed E-state index contributed by atoms with van der Waals surface area (Å²) in [5.74, 6) is -1.99. The summed E-state index contributed by atoms with van der Waals surface area (Å²) in [6.45, 7) is 7.67. The number of carboxylic acid groups (broad SMARTS) is 1. The number of nitrogens with zero attached hydrogens (tertiary/aromatic N) is 1. The van der Waals surface area contributed by atoms with E-state index in [1.165, 1.54) is 17.7 Å². The summed E-state index contributed by atoms with van der Waals surface area (Å²) >= 11 is 0. The van der Waals surface area contributed by atoms with Crippen LogP contribution in [0.3, 0.4) is 0 Å². The quantitative estimate of drug-likeness (QED) is 0.575. The Morgan fingerprint density at radius 2 is 1.61 bits per heavy atom. The number of hydrogen-bond acceptors (Lipinski definition) is 2. The summed E-state index contributed by atoms with van der Waals surface area (Å²) in [5, 5.41) is 9.56. The first-order chi connectivity index (χ1) is 14.7. The fourth-order valence-electron chi connectivity index (χ4n) is 4.62. The molecule has 3 aromatic rings. The molecule has 3 aromatic carbocycles. The molecule has 0 aliphatic carbocycles. The van der Waals surface area contributed by atoms with Crippen molar-refractivity contribution < 1.29 is 18.7 Å². The van der Waals surface area contributed by atoms with E-state index >= 15 is 0 Å². The molecule has 1 aliphatic heterocycles. The normalized spacial score (nSPS) is 13.5. The van der Waals surface area contributed by atoms with Gasteiger partial charge >= 0.3 is 5.97 Å². The van der Waals surface area contributed by atoms with Crippen LogP contribution in [0.15, 0.2) is 42.5 Å². The smallest absolute Gasteiger partial charge is 0.307 e. The molecule has 0 spiro atoms. The van der Waals surface area contributed by atoms with Crippen LogP contribution in [0.4, 0.5) is 8.78 Å². The Morgan fingerprint density at radius 1 is 0.968 bits per heavy atom. The molecular formula is C26H25F2NO2. The van der Waals surface area contributed by atoms with E-state index in [9.17, 15) is 18.7 Å². The second-order valence-corrected chi connectivity index (χ2v) is 8.38. The topological polar surface area (TPSA) is 40.5 Å². The minimum absolute atomic E-state index is 0.0459. The number of fused-ring (bicyclic) bond motifs is 1. The summed E-state index contributed by atoms with van der Waals surface area (Å²) in [7, 11) is 0. The summed E-state index contributed by atoms with van der Waals surface area (Å²) in [4.78, 5) is 13.8. The first-order valence-electron chi connectivity index (χ1n) is 10.3. The highest BCUT2D eigenvalue weighted by Crippen LogP contribution is 2.40. The third kappa shape index (κ3) is 4.10. The molecular weight excluding hydrogens is 396 g/mol. The van der Waals surface area contributed by atoms with Crippen molar-refractivity contribution in [1.29, 1.82) is 0 Å². The fourth-order valence-corrected chi connectivity index (χ4v) is 4.62. The van der Waals surface area contributed by atoms with Gasteiger partial charge in [-0.05, 0) is 65.8 Å². The standard InChI is InChI=1S/C26H25F2NO2/c1-15-4-6-18(7-5-15)26-17(3)23-14-29(12-19-8-9-20(27)10-24(19)28)13-22(23)16(2)21(26)11-25(30)31/h4-10H,11-14H2,1-3H3,(H,30,31). The van der Waals surface area contributed by atoms with Crippen molar-refractivity contribution in [2.45, 2.75) is 46.8 Å². The highest BCUT2D eigenvalue weighted by Gasteiger charge is 2.28. The largest absolute Gasteiger partial charge is 0.481 e. The first kappa shape index (κ1) is 21.2. The molecule has 0 saturated heterocycles. The number of aliphatic carboxylic acids is 1. The van der Waals surface area contributed by atoms with E-state index in [0.29, 0.717) is 25.2 Å². The highest BCUT2D eigenvalue weighted by atomic mass is 19.1. The van der Waals surface area contributed by atoms with E-state index in [-0.39, 0.29) is 6.42 Å². The van der Waals surface area contributed by atoms with Gasteiger partial charge in [-0.1, -0.05) is 35.9 Å². The van der Waals surface area contributed by atoms with Crippen molar-refractivity contribution in [2.75, 3.05) is 0 Å². The van der Waals surface area contributed by atoms with Crippen LogP contribution in [0.25, 0.3) is 11.1 Å². The van der Waals surface area contributed by atoms with Crippen LogP contribution in [0.1, 0.15) is 38.9 Å². The molecule has 0 fully saturated rings. The maximum Gasteiger partial charge on any atom is 0.307 e. The van der Waals surface area contributed by atoms with E-state index in [1.54, 1.807) is 0 Å². The second kappa shape index (κ2) is 8.23. The van der Waals surface area contributed by atoms with E-state index in [4.69, 9.17) is 0 Å². The van der Waals surface area contributed by atoms with Gasteiger partial charge in [-0.25, -0.2) is 8.78 Å². The Balaban J connectivity index is 1.76. The number of carbonyl (C=O) groups is 1. The Bertz CT molecular complexity index is 1170. The number of benzene rings is 3. The van der Waals surface area contributed by atoms with Gasteiger partial charge in [0.1, 0.15) is 11.6 Å². The molecule has 0 saturated carbocycles. The third-order valence-corrected chi connectivity index (χ3v) is 6.24. The maximum atomic E-state index is 14.2. The van der Waals surface area contributed by atoms with Gasteiger partial charge in [0.2, 0.25) is 0 Å². The maximum absolute atomic E-state index is 14.2. The minimum atomic E-state index is -0.862. The van der Waals surface area contributed by atoms with Crippen LogP contribution in [0.5, 0.6) is 0 Å². The lowest BCUT2D eigenvalue weighted by Gasteiger charge is -2.20. The molecule has 1 N–H and O–H groups in total. The third-order valence-electron chi connectivity index (χ3n) is 6.24. The zero-order valence-electron chi connectivity index (χ0n) is 17.9.